The third-order valence-corrected chi connectivity index (χ3v) is 3.57. The number of hydrogen-bond acceptors (Lipinski definition) is 4. The van der Waals surface area contributed by atoms with Crippen LogP contribution in [0.4, 0.5) is 5.82 Å². The molecule has 2 rings (SSSR count). The number of amidine groups is 1. The minimum absolute atomic E-state index is 0.0124. The van der Waals surface area contributed by atoms with Gasteiger partial charge in [0.1, 0.15) is 11.5 Å². The molecule has 98 valence electrons. The zero-order valence-corrected chi connectivity index (χ0v) is 11.1. The van der Waals surface area contributed by atoms with Crippen LogP contribution in [0.5, 0.6) is 0 Å². The lowest BCUT2D eigenvalue weighted by molar-refractivity contribution is 0.325. The number of nitrogens with zero attached hydrogens (tertiary/aromatic N) is 3. The van der Waals surface area contributed by atoms with Crippen LogP contribution in [0.25, 0.3) is 0 Å². The van der Waals surface area contributed by atoms with Crippen LogP contribution in [0, 0.1) is 10.8 Å². The number of anilines is 1. The van der Waals surface area contributed by atoms with Crippen molar-refractivity contribution in [3.05, 3.63) is 18.1 Å². The van der Waals surface area contributed by atoms with Crippen LogP contribution in [0.3, 0.4) is 0 Å². The SMILES string of the molecule is CC1(C)CCCN(c2nccnc2C(=N)N)CC1. The molecule has 0 aliphatic carbocycles. The van der Waals surface area contributed by atoms with Crippen LogP contribution in [0.15, 0.2) is 12.4 Å². The van der Waals surface area contributed by atoms with Crippen molar-refractivity contribution in [1.29, 1.82) is 5.41 Å². The lowest BCUT2D eigenvalue weighted by Crippen LogP contribution is -2.29. The molecular formula is C13H21N5. The van der Waals surface area contributed by atoms with Crippen molar-refractivity contribution in [3.63, 3.8) is 0 Å². The average Bonchev–Trinajstić information content (AvgIpc) is 2.50. The fraction of sp³-hybridized carbons (Fsp3) is 0.615. The van der Waals surface area contributed by atoms with E-state index < -0.39 is 0 Å². The van der Waals surface area contributed by atoms with E-state index in [0.717, 1.165) is 31.7 Å². The maximum absolute atomic E-state index is 7.58. The lowest BCUT2D eigenvalue weighted by Gasteiger charge is -2.24. The van der Waals surface area contributed by atoms with Gasteiger partial charge in [-0.3, -0.25) is 5.41 Å². The summed E-state index contributed by atoms with van der Waals surface area (Å²) in [6, 6.07) is 0. The summed E-state index contributed by atoms with van der Waals surface area (Å²) in [6.07, 6.45) is 6.74. The van der Waals surface area contributed by atoms with Crippen molar-refractivity contribution in [1.82, 2.24) is 9.97 Å². The maximum Gasteiger partial charge on any atom is 0.158 e. The van der Waals surface area contributed by atoms with Crippen LogP contribution in [-0.4, -0.2) is 28.9 Å². The number of hydrogen-bond donors (Lipinski definition) is 2. The van der Waals surface area contributed by atoms with Gasteiger partial charge in [-0.25, -0.2) is 9.97 Å². The number of nitrogens with two attached hydrogens (primary N) is 1. The molecular weight excluding hydrogens is 226 g/mol. The summed E-state index contributed by atoms with van der Waals surface area (Å²) in [5, 5.41) is 7.58. The van der Waals surface area contributed by atoms with Gasteiger partial charge in [-0.1, -0.05) is 13.8 Å². The minimum Gasteiger partial charge on any atom is -0.382 e. The van der Waals surface area contributed by atoms with Gasteiger partial charge in [0.15, 0.2) is 5.82 Å². The van der Waals surface area contributed by atoms with Crippen LogP contribution in [-0.2, 0) is 0 Å². The Bertz CT molecular complexity index is 441. The van der Waals surface area contributed by atoms with Crippen LogP contribution in [0.2, 0.25) is 0 Å². The van der Waals surface area contributed by atoms with Crippen LogP contribution >= 0.6 is 0 Å². The first kappa shape index (κ1) is 12.8. The van der Waals surface area contributed by atoms with E-state index >= 15 is 0 Å². The van der Waals surface area contributed by atoms with Crippen molar-refractivity contribution in [2.45, 2.75) is 33.1 Å². The molecule has 0 amide bonds. The molecule has 0 aromatic carbocycles. The molecule has 3 N–H and O–H groups in total. The van der Waals surface area contributed by atoms with E-state index in [1.54, 1.807) is 12.4 Å². The molecule has 0 unspecified atom stereocenters. The summed E-state index contributed by atoms with van der Waals surface area (Å²) in [5.74, 6) is 0.740. The molecule has 0 saturated carbocycles. The normalized spacial score (nSPS) is 19.3. The van der Waals surface area contributed by atoms with E-state index in [1.165, 1.54) is 6.42 Å². The molecule has 1 fully saturated rings. The number of rotatable bonds is 2. The van der Waals surface area contributed by atoms with Gasteiger partial charge in [0.25, 0.3) is 0 Å². The first-order valence-corrected chi connectivity index (χ1v) is 6.40. The van der Waals surface area contributed by atoms with Gasteiger partial charge in [0.2, 0.25) is 0 Å². The van der Waals surface area contributed by atoms with Crippen LogP contribution in [0.1, 0.15) is 38.8 Å². The predicted molar refractivity (Wildman–Crippen MR) is 72.9 cm³/mol. The van der Waals surface area contributed by atoms with E-state index in [-0.39, 0.29) is 5.84 Å². The average molecular weight is 247 g/mol. The standard InChI is InChI=1S/C13H21N5/c1-13(2)4-3-8-18(9-5-13)12-10(11(14)15)16-6-7-17-12/h6-7H,3-5,8-9H2,1-2H3,(H3,14,15). The fourth-order valence-corrected chi connectivity index (χ4v) is 2.39. The maximum atomic E-state index is 7.58. The highest BCUT2D eigenvalue weighted by atomic mass is 15.2. The van der Waals surface area contributed by atoms with E-state index in [4.69, 9.17) is 11.1 Å². The second-order valence-electron chi connectivity index (χ2n) is 5.65. The summed E-state index contributed by atoms with van der Waals surface area (Å²) in [6.45, 7) is 6.52. The van der Waals surface area contributed by atoms with Gasteiger partial charge in [0, 0.05) is 25.5 Å². The topological polar surface area (TPSA) is 78.9 Å². The van der Waals surface area contributed by atoms with Gasteiger partial charge >= 0.3 is 0 Å². The number of aromatic nitrogens is 2. The van der Waals surface area contributed by atoms with Gasteiger partial charge < -0.3 is 10.6 Å². The molecule has 1 aliphatic heterocycles. The zero-order valence-electron chi connectivity index (χ0n) is 11.1. The van der Waals surface area contributed by atoms with Gasteiger partial charge in [-0.15, -0.1) is 0 Å². The molecule has 1 aromatic rings. The fourth-order valence-electron chi connectivity index (χ4n) is 2.39. The van der Waals surface area contributed by atoms with E-state index in [0.29, 0.717) is 11.1 Å². The van der Waals surface area contributed by atoms with Gasteiger partial charge in [-0.2, -0.15) is 0 Å². The molecule has 5 heteroatoms. The minimum atomic E-state index is -0.0124. The molecule has 18 heavy (non-hydrogen) atoms. The molecule has 5 nitrogen and oxygen atoms in total. The number of nitrogen functional groups attached to an aromatic ring is 1. The largest absolute Gasteiger partial charge is 0.382 e. The summed E-state index contributed by atoms with van der Waals surface area (Å²) < 4.78 is 0. The highest BCUT2D eigenvalue weighted by molar-refractivity contribution is 5.97. The molecule has 0 spiro atoms. The Kier molecular flexibility index (Phi) is 3.50. The third-order valence-electron chi connectivity index (χ3n) is 3.57. The van der Waals surface area contributed by atoms with Crippen molar-refractivity contribution in [3.8, 4) is 0 Å². The second-order valence-corrected chi connectivity index (χ2v) is 5.65. The van der Waals surface area contributed by atoms with Crippen molar-refractivity contribution in [2.24, 2.45) is 11.1 Å². The van der Waals surface area contributed by atoms with E-state index in [2.05, 4.69) is 28.7 Å². The first-order chi connectivity index (χ1) is 8.49. The van der Waals surface area contributed by atoms with E-state index in [9.17, 15) is 0 Å². The Labute approximate surface area is 108 Å². The number of nitrogens with one attached hydrogen (secondary N) is 1. The summed E-state index contributed by atoms with van der Waals surface area (Å²) in [4.78, 5) is 10.7. The summed E-state index contributed by atoms with van der Waals surface area (Å²) >= 11 is 0. The molecule has 0 radical (unpaired) electrons. The Morgan fingerprint density at radius 2 is 2.00 bits per heavy atom. The first-order valence-electron chi connectivity index (χ1n) is 6.40. The predicted octanol–water partition coefficient (Wildman–Crippen LogP) is 1.78. The highest BCUT2D eigenvalue weighted by Gasteiger charge is 2.25. The Hall–Kier alpha value is -1.65. The van der Waals surface area contributed by atoms with Crippen molar-refractivity contribution < 1.29 is 0 Å². The second kappa shape index (κ2) is 4.92. The molecule has 1 aromatic heterocycles. The zero-order chi connectivity index (χ0) is 13.2. The van der Waals surface area contributed by atoms with E-state index in [1.807, 2.05) is 0 Å². The highest BCUT2D eigenvalue weighted by Crippen LogP contribution is 2.31. The smallest absolute Gasteiger partial charge is 0.158 e. The third kappa shape index (κ3) is 2.78. The Balaban J connectivity index is 2.24. The Morgan fingerprint density at radius 1 is 1.28 bits per heavy atom. The monoisotopic (exact) mass is 247 g/mol. The van der Waals surface area contributed by atoms with Crippen molar-refractivity contribution in [2.75, 3.05) is 18.0 Å². The quantitative estimate of drug-likeness (QED) is 0.616. The van der Waals surface area contributed by atoms with Gasteiger partial charge in [0.05, 0.1) is 0 Å². The molecule has 0 atom stereocenters. The van der Waals surface area contributed by atoms with Crippen LogP contribution < -0.4 is 10.6 Å². The Morgan fingerprint density at radius 3 is 2.72 bits per heavy atom. The van der Waals surface area contributed by atoms with Crippen molar-refractivity contribution >= 4 is 11.7 Å². The molecule has 2 heterocycles. The van der Waals surface area contributed by atoms with Gasteiger partial charge in [-0.05, 0) is 24.7 Å². The molecule has 1 saturated heterocycles. The summed E-state index contributed by atoms with van der Waals surface area (Å²) in [5.41, 5.74) is 6.45. The lowest BCUT2D eigenvalue weighted by atomic mass is 9.85. The summed E-state index contributed by atoms with van der Waals surface area (Å²) in [7, 11) is 0. The molecule has 0 bridgehead atoms. The molecule has 1 aliphatic rings.